The Kier molecular flexibility index (Phi) is 4.28. The fourth-order valence-corrected chi connectivity index (χ4v) is 4.91. The lowest BCUT2D eigenvalue weighted by atomic mass is 10.1. The quantitative estimate of drug-likeness (QED) is 0.799. The molecule has 2 unspecified atom stereocenters. The fraction of sp³-hybridized carbons (Fsp3) is 0.600. The van der Waals surface area contributed by atoms with Crippen molar-refractivity contribution in [2.75, 3.05) is 19.0 Å². The molecule has 0 spiro atoms. The van der Waals surface area contributed by atoms with E-state index in [1.165, 1.54) is 15.4 Å². The summed E-state index contributed by atoms with van der Waals surface area (Å²) in [5.74, 6) is 0.306. The van der Waals surface area contributed by atoms with Gasteiger partial charge in [-0.15, -0.1) is 11.6 Å². The van der Waals surface area contributed by atoms with Crippen molar-refractivity contribution >= 4 is 21.6 Å². The van der Waals surface area contributed by atoms with Gasteiger partial charge < -0.3 is 4.74 Å². The molecule has 2 aliphatic rings. The zero-order valence-electron chi connectivity index (χ0n) is 12.1. The smallest absolute Gasteiger partial charge is 0.243 e. The van der Waals surface area contributed by atoms with Crippen LogP contribution in [0.4, 0.5) is 0 Å². The maximum Gasteiger partial charge on any atom is 0.243 e. The highest BCUT2D eigenvalue weighted by Gasteiger charge is 2.33. The maximum absolute atomic E-state index is 12.8. The van der Waals surface area contributed by atoms with E-state index in [1.807, 2.05) is 19.1 Å². The number of aryl methyl sites for hydroxylation is 2. The van der Waals surface area contributed by atoms with E-state index in [0.717, 1.165) is 19.3 Å². The summed E-state index contributed by atoms with van der Waals surface area (Å²) in [4.78, 5) is 0.394. The normalized spacial score (nSPS) is 26.8. The van der Waals surface area contributed by atoms with Crippen LogP contribution in [0.25, 0.3) is 0 Å². The number of hydrogen-bond donors (Lipinski definition) is 0. The van der Waals surface area contributed by atoms with Crippen LogP contribution in [-0.4, -0.2) is 43.9 Å². The van der Waals surface area contributed by atoms with Gasteiger partial charge in [0.05, 0.1) is 17.1 Å². The Balaban J connectivity index is 1.89. The van der Waals surface area contributed by atoms with Gasteiger partial charge in [0, 0.05) is 19.0 Å². The number of halogens is 1. The molecular weight excluding hydrogens is 310 g/mol. The van der Waals surface area contributed by atoms with E-state index in [0.29, 0.717) is 23.9 Å². The van der Waals surface area contributed by atoms with E-state index in [9.17, 15) is 8.42 Å². The van der Waals surface area contributed by atoms with Gasteiger partial charge in [0.2, 0.25) is 10.0 Å². The molecule has 21 heavy (non-hydrogen) atoms. The second-order valence-corrected chi connectivity index (χ2v) is 8.08. The van der Waals surface area contributed by atoms with Crippen LogP contribution < -0.4 is 0 Å². The Morgan fingerprint density at radius 2 is 2.05 bits per heavy atom. The molecular formula is C15H20ClNO3S. The molecule has 0 N–H and O–H groups in total. The van der Waals surface area contributed by atoms with E-state index in [-0.39, 0.29) is 12.2 Å². The van der Waals surface area contributed by atoms with Gasteiger partial charge in [-0.2, -0.15) is 4.31 Å². The van der Waals surface area contributed by atoms with Gasteiger partial charge in [-0.25, -0.2) is 8.42 Å². The molecule has 0 bridgehead atoms. The molecule has 3 rings (SSSR count). The molecule has 116 valence electrons. The number of hydrogen-bond acceptors (Lipinski definition) is 3. The highest BCUT2D eigenvalue weighted by molar-refractivity contribution is 7.89. The molecule has 1 aliphatic heterocycles. The Morgan fingerprint density at radius 3 is 2.81 bits per heavy atom. The highest BCUT2D eigenvalue weighted by atomic mass is 35.5. The third-order valence-electron chi connectivity index (χ3n) is 4.17. The maximum atomic E-state index is 12.8. The molecule has 1 heterocycles. The molecule has 6 heteroatoms. The molecule has 4 nitrogen and oxygen atoms in total. The van der Waals surface area contributed by atoms with Crippen LogP contribution >= 0.6 is 11.6 Å². The van der Waals surface area contributed by atoms with Gasteiger partial charge in [0.15, 0.2) is 0 Å². The number of ether oxygens (including phenoxy) is 1. The number of fused-ring (bicyclic) bond motifs is 1. The zero-order valence-corrected chi connectivity index (χ0v) is 13.7. The average Bonchev–Trinajstić information content (AvgIpc) is 2.93. The lowest BCUT2D eigenvalue weighted by Gasteiger charge is -2.35. The summed E-state index contributed by atoms with van der Waals surface area (Å²) in [5, 5.41) is 0. The highest BCUT2D eigenvalue weighted by Crippen LogP contribution is 2.27. The molecule has 0 amide bonds. The summed E-state index contributed by atoms with van der Waals surface area (Å²) in [7, 11) is -3.46. The van der Waals surface area contributed by atoms with Gasteiger partial charge in [-0.1, -0.05) is 6.07 Å². The van der Waals surface area contributed by atoms with Crippen molar-refractivity contribution in [1.29, 1.82) is 0 Å². The molecule has 1 aliphatic carbocycles. The zero-order chi connectivity index (χ0) is 15.0. The van der Waals surface area contributed by atoms with Crippen molar-refractivity contribution in [2.45, 2.75) is 43.3 Å². The van der Waals surface area contributed by atoms with Crippen LogP contribution in [-0.2, 0) is 27.6 Å². The second kappa shape index (κ2) is 5.88. The van der Waals surface area contributed by atoms with E-state index in [4.69, 9.17) is 16.3 Å². The predicted octanol–water partition coefficient (Wildman–Crippen LogP) is 2.19. The number of rotatable bonds is 3. The molecule has 1 fully saturated rings. The van der Waals surface area contributed by atoms with Gasteiger partial charge in [-0.3, -0.25) is 0 Å². The molecule has 2 atom stereocenters. The molecule has 1 saturated heterocycles. The van der Waals surface area contributed by atoms with Crippen LogP contribution in [0.15, 0.2) is 23.1 Å². The molecule has 1 aromatic carbocycles. The van der Waals surface area contributed by atoms with Gasteiger partial charge in [0.25, 0.3) is 0 Å². The summed E-state index contributed by atoms with van der Waals surface area (Å²) < 4.78 is 32.8. The Hall–Kier alpha value is -0.620. The van der Waals surface area contributed by atoms with Crippen molar-refractivity contribution in [3.05, 3.63) is 29.3 Å². The summed E-state index contributed by atoms with van der Waals surface area (Å²) in [6, 6.07) is 5.53. The lowest BCUT2D eigenvalue weighted by molar-refractivity contribution is -0.0423. The number of benzene rings is 1. The third kappa shape index (κ3) is 2.97. The van der Waals surface area contributed by atoms with Crippen molar-refractivity contribution < 1.29 is 13.2 Å². The van der Waals surface area contributed by atoms with Gasteiger partial charge in [0.1, 0.15) is 0 Å². The van der Waals surface area contributed by atoms with E-state index in [2.05, 4.69) is 0 Å². The number of nitrogens with zero attached hydrogens (tertiary/aromatic N) is 1. The van der Waals surface area contributed by atoms with Crippen LogP contribution in [0, 0.1) is 0 Å². The standard InChI is InChI=1S/C15H20ClNO3S/c1-11-9-17(10-14(8-16)20-11)21(18,19)15-6-5-12-3-2-4-13(12)7-15/h5-7,11,14H,2-4,8-10H2,1H3. The first kappa shape index (κ1) is 15.3. The van der Waals surface area contributed by atoms with Crippen LogP contribution in [0.2, 0.25) is 0 Å². The topological polar surface area (TPSA) is 46.6 Å². The van der Waals surface area contributed by atoms with Crippen LogP contribution in [0.1, 0.15) is 24.5 Å². The van der Waals surface area contributed by atoms with Gasteiger partial charge >= 0.3 is 0 Å². The molecule has 0 saturated carbocycles. The SMILES string of the molecule is CC1CN(S(=O)(=O)c2ccc3c(c2)CCC3)CC(CCl)O1. The van der Waals surface area contributed by atoms with Crippen molar-refractivity contribution in [2.24, 2.45) is 0 Å². The average molecular weight is 330 g/mol. The third-order valence-corrected chi connectivity index (χ3v) is 6.34. The van der Waals surface area contributed by atoms with Gasteiger partial charge in [-0.05, 0) is 49.4 Å². The Bertz CT molecular complexity index is 632. The monoisotopic (exact) mass is 329 g/mol. The minimum atomic E-state index is -3.46. The molecule has 1 aromatic rings. The van der Waals surface area contributed by atoms with Crippen molar-refractivity contribution in [1.82, 2.24) is 4.31 Å². The largest absolute Gasteiger partial charge is 0.371 e. The number of alkyl halides is 1. The van der Waals surface area contributed by atoms with E-state index in [1.54, 1.807) is 6.07 Å². The minimum Gasteiger partial charge on any atom is -0.371 e. The summed E-state index contributed by atoms with van der Waals surface area (Å²) in [6.45, 7) is 2.59. The van der Waals surface area contributed by atoms with E-state index >= 15 is 0 Å². The first-order valence-corrected chi connectivity index (χ1v) is 9.31. The lowest BCUT2D eigenvalue weighted by Crippen LogP contribution is -2.49. The molecule has 0 aromatic heterocycles. The second-order valence-electron chi connectivity index (χ2n) is 5.83. The summed E-state index contributed by atoms with van der Waals surface area (Å²) in [5.41, 5.74) is 2.45. The van der Waals surface area contributed by atoms with E-state index < -0.39 is 10.0 Å². The van der Waals surface area contributed by atoms with Crippen molar-refractivity contribution in [3.63, 3.8) is 0 Å². The number of morpholine rings is 1. The van der Waals surface area contributed by atoms with Crippen LogP contribution in [0.3, 0.4) is 0 Å². The first-order chi connectivity index (χ1) is 10.0. The minimum absolute atomic E-state index is 0.133. The Labute approximate surface area is 131 Å². The summed E-state index contributed by atoms with van der Waals surface area (Å²) >= 11 is 5.84. The molecule has 0 radical (unpaired) electrons. The van der Waals surface area contributed by atoms with Crippen LogP contribution in [0.5, 0.6) is 0 Å². The predicted molar refractivity (Wildman–Crippen MR) is 82.3 cm³/mol. The summed E-state index contributed by atoms with van der Waals surface area (Å²) in [6.07, 6.45) is 2.77. The number of sulfonamides is 1. The van der Waals surface area contributed by atoms with Crippen molar-refractivity contribution in [3.8, 4) is 0 Å². The first-order valence-electron chi connectivity index (χ1n) is 7.34. The Morgan fingerprint density at radius 1 is 1.29 bits per heavy atom. The fourth-order valence-electron chi connectivity index (χ4n) is 3.14.